The molecule has 4 aromatic rings. The quantitative estimate of drug-likeness (QED) is 0.0754. The molecule has 0 saturated heterocycles. The van der Waals surface area contributed by atoms with Crippen LogP contribution < -0.4 is 10.9 Å². The summed E-state index contributed by atoms with van der Waals surface area (Å²) in [4.78, 5) is 23.0. The summed E-state index contributed by atoms with van der Waals surface area (Å²) in [7, 11) is -19.0. The highest BCUT2D eigenvalue weighted by Gasteiger charge is 2.24. The van der Waals surface area contributed by atoms with Crippen molar-refractivity contribution in [3.8, 4) is 0 Å². The maximum absolute atomic E-state index is 12.6. The minimum absolute atomic E-state index is 0.0372. The summed E-state index contributed by atoms with van der Waals surface area (Å²) in [5.41, 5.74) is 5.12. The molecule has 2 aliphatic rings. The van der Waals surface area contributed by atoms with Crippen LogP contribution in [0.5, 0.6) is 0 Å². The van der Waals surface area contributed by atoms with Crippen LogP contribution in [0, 0.1) is 0 Å². The molecule has 0 spiro atoms. The van der Waals surface area contributed by atoms with E-state index in [2.05, 4.69) is 21.1 Å². The predicted octanol–water partition coefficient (Wildman–Crippen LogP) is 3.67. The number of nitrogens with zero attached hydrogens (tertiary/aromatic N) is 2. The van der Waals surface area contributed by atoms with Crippen molar-refractivity contribution in [1.82, 2.24) is 0 Å². The van der Waals surface area contributed by atoms with Gasteiger partial charge in [0.2, 0.25) is 11.6 Å². The number of carbonyl (C=O) groups excluding carboxylic acids is 2. The highest BCUT2D eigenvalue weighted by Crippen LogP contribution is 2.28. The van der Waals surface area contributed by atoms with E-state index < -0.39 is 71.6 Å². The number of rotatable bonds is 10. The summed E-state index contributed by atoms with van der Waals surface area (Å²) < 4.78 is 134. The second-order valence-corrected chi connectivity index (χ2v) is 17.4. The van der Waals surface area contributed by atoms with E-state index in [-0.39, 0.29) is 56.2 Å². The van der Waals surface area contributed by atoms with Gasteiger partial charge in [0.15, 0.2) is 0 Å². The van der Waals surface area contributed by atoms with Gasteiger partial charge in [-0.3, -0.25) is 38.7 Å². The zero-order valence-corrected chi connectivity index (χ0v) is 31.1. The number of allylic oxidation sites excluding steroid dienone is 2. The lowest BCUT2D eigenvalue weighted by molar-refractivity contribution is -0.109. The minimum Gasteiger partial charge on any atom is -0.287 e. The first-order valence-corrected chi connectivity index (χ1v) is 21.1. The third kappa shape index (κ3) is 8.61. The molecule has 0 unspecified atom stereocenters. The van der Waals surface area contributed by atoms with Crippen molar-refractivity contribution in [2.75, 3.05) is 10.9 Å². The SMILES string of the molecule is O=C1C=Cc2cc(S(=O)(=O)O)ccc2C1=NNc1ccc(C=Cc2ccc(NN=C3C(=O)C=Cc4cc(S(=O)(=O)O)ccc43)cc2S(=O)(=O)O)c(S(=O)(=O)O)c1. The van der Waals surface area contributed by atoms with Crippen molar-refractivity contribution in [2.24, 2.45) is 10.2 Å². The van der Waals surface area contributed by atoms with E-state index in [1.165, 1.54) is 48.6 Å². The normalized spacial score (nSPS) is 16.0. The Kier molecular flexibility index (Phi) is 10.3. The summed E-state index contributed by atoms with van der Waals surface area (Å²) in [6.45, 7) is 0. The minimum atomic E-state index is -4.95. The number of carbonyl (C=O) groups is 2. The summed E-state index contributed by atoms with van der Waals surface area (Å²) >= 11 is 0. The van der Waals surface area contributed by atoms with Gasteiger partial charge in [-0.1, -0.05) is 48.6 Å². The molecule has 22 heteroatoms. The van der Waals surface area contributed by atoms with Gasteiger partial charge in [0, 0.05) is 11.1 Å². The summed E-state index contributed by atoms with van der Waals surface area (Å²) in [6, 6.07) is 13.8. The largest absolute Gasteiger partial charge is 0.295 e. The van der Waals surface area contributed by atoms with Gasteiger partial charge in [-0.2, -0.15) is 43.9 Å². The van der Waals surface area contributed by atoms with Gasteiger partial charge in [-0.15, -0.1) is 0 Å². The van der Waals surface area contributed by atoms with Crippen molar-refractivity contribution in [1.29, 1.82) is 0 Å². The smallest absolute Gasteiger partial charge is 0.287 e. The molecule has 6 N–H and O–H groups in total. The lowest BCUT2D eigenvalue weighted by Gasteiger charge is -2.14. The first-order chi connectivity index (χ1) is 26.1. The Labute approximate surface area is 318 Å². The molecule has 4 aromatic carbocycles. The Balaban J connectivity index is 1.28. The topological polar surface area (TPSA) is 300 Å². The first kappa shape index (κ1) is 39.7. The zero-order chi connectivity index (χ0) is 40.8. The van der Waals surface area contributed by atoms with Gasteiger partial charge in [-0.05, 0) is 82.9 Å². The molecule has 2 aliphatic carbocycles. The maximum atomic E-state index is 12.6. The van der Waals surface area contributed by atoms with Crippen LogP contribution in [0.2, 0.25) is 0 Å². The molecule has 288 valence electrons. The fraction of sp³-hybridized carbons (Fsp3) is 0. The van der Waals surface area contributed by atoms with Crippen LogP contribution in [0.1, 0.15) is 33.4 Å². The second kappa shape index (κ2) is 14.6. The maximum Gasteiger partial charge on any atom is 0.295 e. The monoisotopic (exact) mass is 840 g/mol. The Hall–Kier alpha value is -5.98. The number of benzene rings is 4. The van der Waals surface area contributed by atoms with E-state index in [9.17, 15) is 61.5 Å². The highest BCUT2D eigenvalue weighted by molar-refractivity contribution is 7.86. The standard InChI is InChI=1S/C34H24N4O14S4/c39-29-13-5-21-15-25(53(41,42)43)9-11-27(21)33(29)37-35-23-7-3-19(31(17-23)55(47,48)49)1-2-20-4-8-24(18-32(20)56(50,51)52)36-38-34-28-12-10-26(54(44,45)46)16-22(28)6-14-30(34)40/h1-18,35-36H,(H,41,42,43)(H,44,45,46)(H,47,48,49)(H,50,51,52). The van der Waals surface area contributed by atoms with Crippen LogP contribution in [0.4, 0.5) is 11.4 Å². The molecule has 0 bridgehead atoms. The molecule has 18 nitrogen and oxygen atoms in total. The molecule has 0 amide bonds. The number of hydrazone groups is 2. The third-order valence-corrected chi connectivity index (χ3v) is 11.6. The van der Waals surface area contributed by atoms with Crippen molar-refractivity contribution < 1.29 is 61.5 Å². The molecule has 0 aromatic heterocycles. The number of hydrogen-bond acceptors (Lipinski definition) is 14. The van der Waals surface area contributed by atoms with Crippen molar-refractivity contribution >= 4 is 99.1 Å². The molecule has 0 saturated carbocycles. The van der Waals surface area contributed by atoms with Crippen molar-refractivity contribution in [3.05, 3.63) is 118 Å². The van der Waals surface area contributed by atoms with Gasteiger partial charge in [0.1, 0.15) is 21.2 Å². The molecule has 0 aliphatic heterocycles. The molecular formula is C34H24N4O14S4. The van der Waals surface area contributed by atoms with Crippen LogP contribution in [0.3, 0.4) is 0 Å². The van der Waals surface area contributed by atoms with Gasteiger partial charge < -0.3 is 0 Å². The number of fused-ring (bicyclic) bond motifs is 2. The van der Waals surface area contributed by atoms with E-state index in [1.807, 2.05) is 0 Å². The molecule has 0 heterocycles. The van der Waals surface area contributed by atoms with Gasteiger partial charge in [0.25, 0.3) is 40.5 Å². The average Bonchev–Trinajstić information content (AvgIpc) is 3.11. The Morgan fingerprint density at radius 2 is 0.839 bits per heavy atom. The summed E-state index contributed by atoms with van der Waals surface area (Å²) in [5.74, 6) is -1.19. The lowest BCUT2D eigenvalue weighted by atomic mass is 9.95. The van der Waals surface area contributed by atoms with E-state index in [4.69, 9.17) is 0 Å². The number of hydrogen-bond donors (Lipinski definition) is 6. The van der Waals surface area contributed by atoms with Gasteiger partial charge >= 0.3 is 0 Å². The average molecular weight is 841 g/mol. The van der Waals surface area contributed by atoms with Crippen molar-refractivity contribution in [3.63, 3.8) is 0 Å². The van der Waals surface area contributed by atoms with Crippen LogP contribution in [0.25, 0.3) is 24.3 Å². The first-order valence-electron chi connectivity index (χ1n) is 15.4. The predicted molar refractivity (Wildman–Crippen MR) is 202 cm³/mol. The van der Waals surface area contributed by atoms with Crippen LogP contribution in [-0.2, 0) is 50.1 Å². The number of nitrogens with one attached hydrogen (secondary N) is 2. The highest BCUT2D eigenvalue weighted by atomic mass is 32.2. The fourth-order valence-corrected chi connectivity index (χ4v) is 7.90. The Morgan fingerprint density at radius 1 is 0.464 bits per heavy atom. The summed E-state index contributed by atoms with van der Waals surface area (Å²) in [5, 5.41) is 8.06. The van der Waals surface area contributed by atoms with Gasteiger partial charge in [-0.25, -0.2) is 0 Å². The molecule has 0 atom stereocenters. The molecule has 56 heavy (non-hydrogen) atoms. The van der Waals surface area contributed by atoms with E-state index in [0.717, 1.165) is 60.7 Å². The molecule has 6 rings (SSSR count). The van der Waals surface area contributed by atoms with Crippen LogP contribution in [-0.4, -0.2) is 74.9 Å². The number of anilines is 2. The van der Waals surface area contributed by atoms with Gasteiger partial charge in [0.05, 0.1) is 21.2 Å². The molecule has 0 fully saturated rings. The fourth-order valence-electron chi connectivity index (χ4n) is 5.44. The molecular weight excluding hydrogens is 817 g/mol. The Bertz CT molecular complexity index is 2800. The zero-order valence-electron chi connectivity index (χ0n) is 27.8. The van der Waals surface area contributed by atoms with E-state index in [1.54, 1.807) is 0 Å². The van der Waals surface area contributed by atoms with Crippen molar-refractivity contribution in [2.45, 2.75) is 19.6 Å². The van der Waals surface area contributed by atoms with E-state index in [0.29, 0.717) is 0 Å². The second-order valence-electron chi connectivity index (χ2n) is 11.8. The number of ketones is 2. The van der Waals surface area contributed by atoms with E-state index >= 15 is 0 Å². The van der Waals surface area contributed by atoms with Crippen LogP contribution >= 0.6 is 0 Å². The summed E-state index contributed by atoms with van der Waals surface area (Å²) in [6.07, 6.45) is 7.09. The molecule has 0 radical (unpaired) electrons. The third-order valence-electron chi connectivity index (χ3n) is 8.07. The Morgan fingerprint density at radius 3 is 1.18 bits per heavy atom. The lowest BCUT2D eigenvalue weighted by Crippen LogP contribution is -2.19. The van der Waals surface area contributed by atoms with Crippen LogP contribution in [0.15, 0.2) is 115 Å².